The Labute approximate surface area is 80.1 Å². The molecule has 11 heavy (non-hydrogen) atoms. The second-order valence-electron chi connectivity index (χ2n) is 1.83. The van der Waals surface area contributed by atoms with Crippen molar-refractivity contribution in [2.45, 2.75) is 5.88 Å². The normalized spacial score (nSPS) is 10.0. The number of rotatable bonds is 1. The summed E-state index contributed by atoms with van der Waals surface area (Å²) in [7, 11) is 0. The Morgan fingerprint density at radius 2 is 2.00 bits per heavy atom. The van der Waals surface area contributed by atoms with Crippen LogP contribution in [0.3, 0.4) is 0 Å². The lowest BCUT2D eigenvalue weighted by atomic mass is 10.4. The molecular weight excluding hydrogens is 282 g/mol. The molecule has 6 heteroatoms. The fourth-order valence-corrected chi connectivity index (χ4v) is 1.50. The van der Waals surface area contributed by atoms with Gasteiger partial charge in [-0.15, -0.1) is 11.6 Å². The van der Waals surface area contributed by atoms with E-state index in [1.807, 2.05) is 22.6 Å². The van der Waals surface area contributed by atoms with Gasteiger partial charge in [-0.3, -0.25) is 9.78 Å². The third-order valence-corrected chi connectivity index (χ3v) is 2.50. The monoisotopic (exact) mass is 286 g/mol. The number of aromatic nitrogens is 2. The molecule has 0 aliphatic rings. The van der Waals surface area contributed by atoms with Gasteiger partial charge in [0.2, 0.25) is 0 Å². The molecule has 1 rings (SSSR count). The summed E-state index contributed by atoms with van der Waals surface area (Å²) in [5, 5.41) is 0. The van der Waals surface area contributed by atoms with E-state index in [2.05, 4.69) is 9.97 Å². The van der Waals surface area contributed by atoms with E-state index in [-0.39, 0.29) is 5.88 Å². The van der Waals surface area contributed by atoms with Crippen LogP contribution in [0.5, 0.6) is 0 Å². The van der Waals surface area contributed by atoms with Gasteiger partial charge in [-0.2, -0.15) is 0 Å². The summed E-state index contributed by atoms with van der Waals surface area (Å²) in [6.07, 6.45) is 0. The average molecular weight is 286 g/mol. The number of nitrogens with one attached hydrogen (secondary N) is 2. The molecule has 60 valence electrons. The van der Waals surface area contributed by atoms with Crippen LogP contribution in [0.15, 0.2) is 9.59 Å². The van der Waals surface area contributed by atoms with Crippen molar-refractivity contribution < 1.29 is 0 Å². The van der Waals surface area contributed by atoms with Crippen LogP contribution in [0.4, 0.5) is 0 Å². The molecule has 0 saturated carbocycles. The Bertz CT molecular complexity index is 369. The van der Waals surface area contributed by atoms with Crippen LogP contribution in [-0.2, 0) is 5.88 Å². The highest BCUT2D eigenvalue weighted by molar-refractivity contribution is 14.1. The molecule has 2 N–H and O–H groups in total. The molecule has 0 spiro atoms. The van der Waals surface area contributed by atoms with E-state index < -0.39 is 11.2 Å². The summed E-state index contributed by atoms with van der Waals surface area (Å²) in [4.78, 5) is 26.0. The lowest BCUT2D eigenvalue weighted by Crippen LogP contribution is -2.26. The molecule has 4 nitrogen and oxygen atoms in total. The van der Waals surface area contributed by atoms with Gasteiger partial charge in [-0.1, -0.05) is 0 Å². The second-order valence-corrected chi connectivity index (χ2v) is 3.18. The van der Waals surface area contributed by atoms with Crippen LogP contribution >= 0.6 is 34.2 Å². The Hall–Kier alpha value is -0.300. The van der Waals surface area contributed by atoms with E-state index >= 15 is 0 Å². The number of hydrogen-bond acceptors (Lipinski definition) is 2. The summed E-state index contributed by atoms with van der Waals surface area (Å²) >= 11 is 7.27. The number of alkyl halides is 1. The van der Waals surface area contributed by atoms with Gasteiger partial charge in [-0.05, 0) is 22.6 Å². The largest absolute Gasteiger partial charge is 0.325 e. The topological polar surface area (TPSA) is 65.7 Å². The van der Waals surface area contributed by atoms with Crippen molar-refractivity contribution in [3.8, 4) is 0 Å². The van der Waals surface area contributed by atoms with E-state index in [0.717, 1.165) is 0 Å². The van der Waals surface area contributed by atoms with Crippen molar-refractivity contribution >= 4 is 34.2 Å². The molecule has 0 atom stereocenters. The third-order valence-electron chi connectivity index (χ3n) is 1.09. The molecule has 1 heterocycles. The molecule has 0 saturated heterocycles. The number of halogens is 2. The van der Waals surface area contributed by atoms with E-state index in [9.17, 15) is 9.59 Å². The SMILES string of the molecule is O=c1[nH]c(CCl)c(I)c(=O)[nH]1. The molecule has 0 amide bonds. The van der Waals surface area contributed by atoms with Crippen LogP contribution in [0.2, 0.25) is 0 Å². The van der Waals surface area contributed by atoms with Crippen LogP contribution in [0.1, 0.15) is 5.69 Å². The Morgan fingerprint density at radius 1 is 1.36 bits per heavy atom. The highest BCUT2D eigenvalue weighted by atomic mass is 127. The highest BCUT2D eigenvalue weighted by Crippen LogP contribution is 2.03. The van der Waals surface area contributed by atoms with Gasteiger partial charge in [0.25, 0.3) is 5.56 Å². The van der Waals surface area contributed by atoms with Crippen molar-refractivity contribution in [2.75, 3.05) is 0 Å². The van der Waals surface area contributed by atoms with Gasteiger partial charge in [0, 0.05) is 0 Å². The van der Waals surface area contributed by atoms with Crippen LogP contribution in [0, 0.1) is 3.57 Å². The van der Waals surface area contributed by atoms with Crippen molar-refractivity contribution in [3.05, 3.63) is 30.1 Å². The predicted octanol–water partition coefficient (Wildman–Crippen LogP) is 0.407. The van der Waals surface area contributed by atoms with Crippen molar-refractivity contribution in [2.24, 2.45) is 0 Å². The highest BCUT2D eigenvalue weighted by Gasteiger charge is 2.03. The minimum atomic E-state index is -0.522. The summed E-state index contributed by atoms with van der Waals surface area (Å²) < 4.78 is 0.428. The average Bonchev–Trinajstić information content (AvgIpc) is 1.96. The van der Waals surface area contributed by atoms with Crippen LogP contribution in [0.25, 0.3) is 0 Å². The molecule has 0 aliphatic carbocycles. The molecule has 0 unspecified atom stereocenters. The van der Waals surface area contributed by atoms with Crippen LogP contribution < -0.4 is 11.2 Å². The Kier molecular flexibility index (Phi) is 2.72. The molecule has 1 aromatic rings. The maximum Gasteiger partial charge on any atom is 0.325 e. The predicted molar refractivity (Wildman–Crippen MR) is 50.0 cm³/mol. The van der Waals surface area contributed by atoms with Gasteiger partial charge in [0.05, 0.1) is 15.1 Å². The first kappa shape index (κ1) is 8.79. The smallest absolute Gasteiger partial charge is 0.309 e. The van der Waals surface area contributed by atoms with E-state index in [4.69, 9.17) is 11.6 Å². The standard InChI is InChI=1S/C5H4ClIN2O2/c6-1-2-3(7)4(10)9-5(11)8-2/h1H2,(H2,8,9,10,11). The summed E-state index contributed by atoms with van der Waals surface area (Å²) in [6, 6.07) is 0. The second kappa shape index (κ2) is 3.40. The van der Waals surface area contributed by atoms with Gasteiger partial charge < -0.3 is 4.98 Å². The molecule has 0 radical (unpaired) electrons. The lowest BCUT2D eigenvalue weighted by molar-refractivity contribution is 0.966. The maximum atomic E-state index is 10.9. The minimum absolute atomic E-state index is 0.136. The fourth-order valence-electron chi connectivity index (χ4n) is 0.610. The molecule has 0 fully saturated rings. The molecule has 0 bridgehead atoms. The number of H-pyrrole nitrogens is 2. The van der Waals surface area contributed by atoms with Gasteiger partial charge in [0.15, 0.2) is 0 Å². The fraction of sp³-hybridized carbons (Fsp3) is 0.200. The van der Waals surface area contributed by atoms with E-state index in [1.165, 1.54) is 0 Å². The lowest BCUT2D eigenvalue weighted by Gasteiger charge is -1.95. The van der Waals surface area contributed by atoms with Crippen molar-refractivity contribution in [3.63, 3.8) is 0 Å². The van der Waals surface area contributed by atoms with E-state index in [1.54, 1.807) is 0 Å². The van der Waals surface area contributed by atoms with Gasteiger partial charge in [0.1, 0.15) is 0 Å². The van der Waals surface area contributed by atoms with Gasteiger partial charge in [-0.25, -0.2) is 4.79 Å². The quantitative estimate of drug-likeness (QED) is 0.580. The van der Waals surface area contributed by atoms with Crippen LogP contribution in [-0.4, -0.2) is 9.97 Å². The summed E-state index contributed by atoms with van der Waals surface area (Å²) in [6.45, 7) is 0. The van der Waals surface area contributed by atoms with Gasteiger partial charge >= 0.3 is 5.69 Å². The minimum Gasteiger partial charge on any atom is -0.309 e. The zero-order chi connectivity index (χ0) is 8.43. The first-order valence-corrected chi connectivity index (χ1v) is 4.33. The van der Waals surface area contributed by atoms with Crippen molar-refractivity contribution in [1.29, 1.82) is 0 Å². The Balaban J connectivity index is 3.49. The molecular formula is C5H4ClIN2O2. The molecule has 1 aromatic heterocycles. The summed E-state index contributed by atoms with van der Waals surface area (Å²) in [5.41, 5.74) is -0.461. The number of hydrogen-bond donors (Lipinski definition) is 2. The molecule has 0 aromatic carbocycles. The zero-order valence-electron chi connectivity index (χ0n) is 5.28. The van der Waals surface area contributed by atoms with Crippen molar-refractivity contribution in [1.82, 2.24) is 9.97 Å². The first-order valence-electron chi connectivity index (χ1n) is 2.72. The maximum absolute atomic E-state index is 10.9. The number of aromatic amines is 2. The summed E-state index contributed by atoms with van der Waals surface area (Å²) in [5.74, 6) is 0.136. The third kappa shape index (κ3) is 1.84. The Morgan fingerprint density at radius 3 is 2.55 bits per heavy atom. The molecule has 0 aliphatic heterocycles. The van der Waals surface area contributed by atoms with E-state index in [0.29, 0.717) is 9.26 Å². The zero-order valence-corrected chi connectivity index (χ0v) is 8.19. The first-order chi connectivity index (χ1) is 5.15.